The van der Waals surface area contributed by atoms with Crippen molar-refractivity contribution in [3.63, 3.8) is 0 Å². The lowest BCUT2D eigenvalue weighted by Gasteiger charge is -1.99. The van der Waals surface area contributed by atoms with E-state index < -0.39 is 0 Å². The predicted octanol–water partition coefficient (Wildman–Crippen LogP) is 1.98. The standard InChI is InChI=1S/C11H14N2O/c1-2-12-6-8-7-13-11-5-9(14)3-4-10(8)11/h3-5,7,12-14H,2,6H2,1H3. The number of benzene rings is 1. The van der Waals surface area contributed by atoms with Gasteiger partial charge in [0.25, 0.3) is 0 Å². The van der Waals surface area contributed by atoms with E-state index in [-0.39, 0.29) is 0 Å². The normalized spacial score (nSPS) is 10.9. The SMILES string of the molecule is CCNCc1c[nH]c2cc(O)ccc12. The lowest BCUT2D eigenvalue weighted by atomic mass is 10.1. The van der Waals surface area contributed by atoms with E-state index in [2.05, 4.69) is 17.2 Å². The Morgan fingerprint density at radius 3 is 3.07 bits per heavy atom. The van der Waals surface area contributed by atoms with Gasteiger partial charge in [0.2, 0.25) is 0 Å². The molecule has 0 radical (unpaired) electrons. The molecule has 0 saturated heterocycles. The van der Waals surface area contributed by atoms with Crippen LogP contribution in [-0.4, -0.2) is 16.6 Å². The van der Waals surface area contributed by atoms with Gasteiger partial charge in [0.15, 0.2) is 0 Å². The van der Waals surface area contributed by atoms with Crippen LogP contribution in [0.3, 0.4) is 0 Å². The molecule has 0 unspecified atom stereocenters. The Morgan fingerprint density at radius 1 is 1.43 bits per heavy atom. The molecule has 0 fully saturated rings. The minimum absolute atomic E-state index is 0.300. The van der Waals surface area contributed by atoms with Crippen molar-refractivity contribution in [2.24, 2.45) is 0 Å². The Hall–Kier alpha value is -1.48. The monoisotopic (exact) mass is 190 g/mol. The van der Waals surface area contributed by atoms with Crippen molar-refractivity contribution in [2.75, 3.05) is 6.54 Å². The number of rotatable bonds is 3. The number of H-pyrrole nitrogens is 1. The highest BCUT2D eigenvalue weighted by molar-refractivity contribution is 5.84. The lowest BCUT2D eigenvalue weighted by Crippen LogP contribution is -2.11. The van der Waals surface area contributed by atoms with Crippen molar-refractivity contribution in [2.45, 2.75) is 13.5 Å². The van der Waals surface area contributed by atoms with Crippen LogP contribution in [0.25, 0.3) is 10.9 Å². The number of phenols is 1. The van der Waals surface area contributed by atoms with Crippen LogP contribution >= 0.6 is 0 Å². The average Bonchev–Trinajstić information content (AvgIpc) is 2.57. The van der Waals surface area contributed by atoms with E-state index in [1.54, 1.807) is 12.1 Å². The smallest absolute Gasteiger partial charge is 0.117 e. The van der Waals surface area contributed by atoms with Gasteiger partial charge in [-0.05, 0) is 24.2 Å². The van der Waals surface area contributed by atoms with Gasteiger partial charge in [-0.15, -0.1) is 0 Å². The van der Waals surface area contributed by atoms with Crippen LogP contribution < -0.4 is 5.32 Å². The third-order valence-electron chi connectivity index (χ3n) is 2.32. The van der Waals surface area contributed by atoms with Crippen LogP contribution in [-0.2, 0) is 6.54 Å². The van der Waals surface area contributed by atoms with E-state index in [0.717, 1.165) is 18.6 Å². The Bertz CT molecular complexity index is 434. The van der Waals surface area contributed by atoms with Gasteiger partial charge in [0, 0.05) is 29.7 Å². The second-order valence-corrected chi connectivity index (χ2v) is 3.32. The highest BCUT2D eigenvalue weighted by Crippen LogP contribution is 2.22. The Labute approximate surface area is 82.8 Å². The number of hydrogen-bond acceptors (Lipinski definition) is 2. The topological polar surface area (TPSA) is 48.0 Å². The van der Waals surface area contributed by atoms with E-state index in [0.29, 0.717) is 5.75 Å². The molecule has 1 aromatic carbocycles. The fourth-order valence-corrected chi connectivity index (χ4v) is 1.58. The van der Waals surface area contributed by atoms with Crippen LogP contribution in [0.5, 0.6) is 5.75 Å². The molecule has 2 aromatic rings. The molecule has 14 heavy (non-hydrogen) atoms. The number of aromatic hydroxyl groups is 1. The zero-order valence-corrected chi connectivity index (χ0v) is 8.17. The molecule has 1 heterocycles. The summed E-state index contributed by atoms with van der Waals surface area (Å²) in [5.74, 6) is 0.300. The average molecular weight is 190 g/mol. The predicted molar refractivity (Wildman–Crippen MR) is 57.3 cm³/mol. The molecule has 2 rings (SSSR count). The molecule has 0 aliphatic heterocycles. The third kappa shape index (κ3) is 1.59. The molecule has 0 spiro atoms. The Kier molecular flexibility index (Phi) is 2.41. The summed E-state index contributed by atoms with van der Waals surface area (Å²) < 4.78 is 0. The van der Waals surface area contributed by atoms with Crippen LogP contribution in [0, 0.1) is 0 Å². The molecule has 0 saturated carbocycles. The van der Waals surface area contributed by atoms with Crippen molar-refractivity contribution in [3.8, 4) is 5.75 Å². The lowest BCUT2D eigenvalue weighted by molar-refractivity contribution is 0.476. The summed E-state index contributed by atoms with van der Waals surface area (Å²) in [5.41, 5.74) is 2.22. The molecule has 0 atom stereocenters. The molecule has 74 valence electrons. The van der Waals surface area contributed by atoms with E-state index >= 15 is 0 Å². The maximum absolute atomic E-state index is 9.28. The molecular weight excluding hydrogens is 176 g/mol. The first-order valence-electron chi connectivity index (χ1n) is 4.81. The number of hydrogen-bond donors (Lipinski definition) is 3. The highest BCUT2D eigenvalue weighted by atomic mass is 16.3. The molecule has 3 nitrogen and oxygen atoms in total. The van der Waals surface area contributed by atoms with E-state index in [1.165, 1.54) is 10.9 Å². The van der Waals surface area contributed by atoms with E-state index in [4.69, 9.17) is 0 Å². The van der Waals surface area contributed by atoms with Gasteiger partial charge >= 0.3 is 0 Å². The summed E-state index contributed by atoms with van der Waals surface area (Å²) in [6.45, 7) is 3.91. The van der Waals surface area contributed by atoms with Gasteiger partial charge in [-0.25, -0.2) is 0 Å². The zero-order valence-electron chi connectivity index (χ0n) is 8.17. The van der Waals surface area contributed by atoms with Gasteiger partial charge in [0.1, 0.15) is 5.75 Å². The second kappa shape index (κ2) is 3.72. The number of aromatic nitrogens is 1. The van der Waals surface area contributed by atoms with Gasteiger partial charge < -0.3 is 15.4 Å². The van der Waals surface area contributed by atoms with Crippen molar-refractivity contribution >= 4 is 10.9 Å². The second-order valence-electron chi connectivity index (χ2n) is 3.32. The van der Waals surface area contributed by atoms with E-state index in [9.17, 15) is 5.11 Å². The van der Waals surface area contributed by atoms with Gasteiger partial charge in [-0.3, -0.25) is 0 Å². The number of fused-ring (bicyclic) bond motifs is 1. The minimum atomic E-state index is 0.300. The fraction of sp³-hybridized carbons (Fsp3) is 0.273. The van der Waals surface area contributed by atoms with Crippen LogP contribution in [0.1, 0.15) is 12.5 Å². The third-order valence-corrected chi connectivity index (χ3v) is 2.32. The molecule has 0 aliphatic rings. The van der Waals surface area contributed by atoms with Crippen molar-refractivity contribution in [1.82, 2.24) is 10.3 Å². The molecule has 1 aromatic heterocycles. The Balaban J connectivity index is 2.37. The van der Waals surface area contributed by atoms with Crippen LogP contribution in [0.4, 0.5) is 0 Å². The zero-order chi connectivity index (χ0) is 9.97. The van der Waals surface area contributed by atoms with Crippen molar-refractivity contribution in [3.05, 3.63) is 30.0 Å². The number of aromatic amines is 1. The van der Waals surface area contributed by atoms with Crippen LogP contribution in [0.2, 0.25) is 0 Å². The molecule has 0 amide bonds. The summed E-state index contributed by atoms with van der Waals surface area (Å²) in [5, 5.41) is 13.7. The molecular formula is C11H14N2O. The summed E-state index contributed by atoms with van der Waals surface area (Å²) in [6.07, 6.45) is 1.98. The summed E-state index contributed by atoms with van der Waals surface area (Å²) in [4.78, 5) is 3.14. The van der Waals surface area contributed by atoms with E-state index in [1.807, 2.05) is 12.3 Å². The molecule has 0 aliphatic carbocycles. The Morgan fingerprint density at radius 2 is 2.29 bits per heavy atom. The van der Waals surface area contributed by atoms with Gasteiger partial charge in [-0.2, -0.15) is 0 Å². The van der Waals surface area contributed by atoms with Crippen molar-refractivity contribution in [1.29, 1.82) is 0 Å². The summed E-state index contributed by atoms with van der Waals surface area (Å²) in [6, 6.07) is 5.39. The van der Waals surface area contributed by atoms with Crippen molar-refractivity contribution < 1.29 is 5.11 Å². The molecule has 3 heteroatoms. The maximum atomic E-state index is 9.28. The fourth-order valence-electron chi connectivity index (χ4n) is 1.58. The molecule has 3 N–H and O–H groups in total. The summed E-state index contributed by atoms with van der Waals surface area (Å²) in [7, 11) is 0. The minimum Gasteiger partial charge on any atom is -0.508 e. The number of phenolic OH excluding ortho intramolecular Hbond substituents is 1. The largest absolute Gasteiger partial charge is 0.508 e. The van der Waals surface area contributed by atoms with Gasteiger partial charge in [0.05, 0.1) is 0 Å². The maximum Gasteiger partial charge on any atom is 0.117 e. The van der Waals surface area contributed by atoms with Crippen LogP contribution in [0.15, 0.2) is 24.4 Å². The highest BCUT2D eigenvalue weighted by Gasteiger charge is 2.02. The first-order chi connectivity index (χ1) is 6.81. The quantitative estimate of drug-likeness (QED) is 0.693. The summed E-state index contributed by atoms with van der Waals surface area (Å²) >= 11 is 0. The first kappa shape index (κ1) is 9.09. The number of nitrogens with one attached hydrogen (secondary N) is 2. The molecule has 0 bridgehead atoms. The van der Waals surface area contributed by atoms with Gasteiger partial charge in [-0.1, -0.05) is 6.92 Å². The first-order valence-corrected chi connectivity index (χ1v) is 4.81.